The van der Waals surface area contributed by atoms with Gasteiger partial charge in [0.25, 0.3) is 0 Å². The van der Waals surface area contributed by atoms with Crippen LogP contribution in [0.15, 0.2) is 0 Å². The molecule has 0 aromatic heterocycles. The molecule has 1 atom stereocenters. The van der Waals surface area contributed by atoms with Crippen molar-refractivity contribution >= 4 is 0 Å². The Bertz CT molecular complexity index is 232. The zero-order valence-electron chi connectivity index (χ0n) is 11.7. The van der Waals surface area contributed by atoms with E-state index >= 15 is 0 Å². The lowest BCUT2D eigenvalue weighted by Gasteiger charge is -2.47. The molecule has 17 heavy (non-hydrogen) atoms. The molecule has 2 aliphatic rings. The van der Waals surface area contributed by atoms with Crippen molar-refractivity contribution in [2.45, 2.75) is 51.1 Å². The van der Waals surface area contributed by atoms with Crippen molar-refractivity contribution in [3.63, 3.8) is 0 Å². The predicted molar refractivity (Wildman–Crippen MR) is 71.3 cm³/mol. The van der Waals surface area contributed by atoms with Crippen LogP contribution in [0.4, 0.5) is 0 Å². The molecule has 1 saturated heterocycles. The van der Waals surface area contributed by atoms with E-state index in [0.717, 1.165) is 32.2 Å². The fraction of sp³-hybridized carbons (Fsp3) is 1.00. The third kappa shape index (κ3) is 3.01. The minimum atomic E-state index is 0.244. The number of rotatable bonds is 5. The van der Waals surface area contributed by atoms with Crippen molar-refractivity contribution in [2.24, 2.45) is 5.92 Å². The van der Waals surface area contributed by atoms with Gasteiger partial charge in [-0.1, -0.05) is 19.3 Å². The number of nitrogens with zero attached hydrogens (tertiary/aromatic N) is 1. The first kappa shape index (κ1) is 13.3. The van der Waals surface area contributed by atoms with Gasteiger partial charge in [-0.15, -0.1) is 0 Å². The second kappa shape index (κ2) is 5.68. The highest BCUT2D eigenvalue weighted by Crippen LogP contribution is 2.34. The lowest BCUT2D eigenvalue weighted by atomic mass is 9.76. The highest BCUT2D eigenvalue weighted by Gasteiger charge is 2.37. The van der Waals surface area contributed by atoms with Crippen LogP contribution in [0.5, 0.6) is 0 Å². The molecule has 0 amide bonds. The minimum absolute atomic E-state index is 0.244. The second-order valence-corrected chi connectivity index (χ2v) is 6.13. The van der Waals surface area contributed by atoms with Crippen LogP contribution >= 0.6 is 0 Å². The number of ether oxygens (including phenoxy) is 1. The Hall–Kier alpha value is -0.120. The summed E-state index contributed by atoms with van der Waals surface area (Å²) < 4.78 is 5.46. The lowest BCUT2D eigenvalue weighted by molar-refractivity contribution is -0.0268. The Morgan fingerprint density at radius 2 is 1.94 bits per heavy atom. The van der Waals surface area contributed by atoms with E-state index in [4.69, 9.17) is 4.74 Å². The fourth-order valence-electron chi connectivity index (χ4n) is 3.18. The van der Waals surface area contributed by atoms with Crippen LogP contribution < -0.4 is 5.32 Å². The molecule has 1 unspecified atom stereocenters. The second-order valence-electron chi connectivity index (χ2n) is 6.13. The number of hydrogen-bond donors (Lipinski definition) is 1. The van der Waals surface area contributed by atoms with Crippen molar-refractivity contribution < 1.29 is 4.74 Å². The van der Waals surface area contributed by atoms with Crippen LogP contribution in [0, 0.1) is 5.92 Å². The summed E-state index contributed by atoms with van der Waals surface area (Å²) in [6.07, 6.45) is 5.66. The van der Waals surface area contributed by atoms with Gasteiger partial charge in [0.05, 0.1) is 13.2 Å². The van der Waals surface area contributed by atoms with Crippen LogP contribution in [0.2, 0.25) is 0 Å². The van der Waals surface area contributed by atoms with Gasteiger partial charge in [-0.3, -0.25) is 4.90 Å². The summed E-state index contributed by atoms with van der Waals surface area (Å²) in [6.45, 7) is 8.72. The predicted octanol–water partition coefficient (Wildman–Crippen LogP) is 1.88. The molecule has 100 valence electrons. The quantitative estimate of drug-likeness (QED) is 0.794. The Morgan fingerprint density at radius 3 is 2.41 bits per heavy atom. The zero-order valence-corrected chi connectivity index (χ0v) is 11.7. The molecule has 0 radical (unpaired) electrons. The zero-order chi connectivity index (χ0) is 12.3. The third-order valence-electron chi connectivity index (χ3n) is 4.82. The van der Waals surface area contributed by atoms with E-state index in [0.29, 0.717) is 6.04 Å². The summed E-state index contributed by atoms with van der Waals surface area (Å²) in [5.41, 5.74) is 0.244. The molecule has 3 nitrogen and oxygen atoms in total. The molecular formula is C14H28N2O. The molecule has 0 spiro atoms. The Morgan fingerprint density at radius 1 is 1.29 bits per heavy atom. The molecule has 1 aliphatic heterocycles. The average Bonchev–Trinajstić information content (AvgIpc) is 2.28. The SMILES string of the molecule is CNC(CC1CCC1)C(C)(C)N1CCOCC1. The molecule has 3 heteroatoms. The summed E-state index contributed by atoms with van der Waals surface area (Å²) in [6, 6.07) is 0.603. The summed E-state index contributed by atoms with van der Waals surface area (Å²) in [5.74, 6) is 0.966. The third-order valence-corrected chi connectivity index (χ3v) is 4.82. The standard InChI is InChI=1S/C14H28N2O/c1-14(2,16-7-9-17-10-8-16)13(15-3)11-12-5-4-6-12/h12-13,15H,4-11H2,1-3H3. The maximum absolute atomic E-state index is 5.46. The summed E-state index contributed by atoms with van der Waals surface area (Å²) >= 11 is 0. The van der Waals surface area contributed by atoms with E-state index in [1.54, 1.807) is 0 Å². The van der Waals surface area contributed by atoms with Gasteiger partial charge < -0.3 is 10.1 Å². The average molecular weight is 240 g/mol. The van der Waals surface area contributed by atoms with Crippen LogP contribution in [0.25, 0.3) is 0 Å². The fourth-order valence-corrected chi connectivity index (χ4v) is 3.18. The van der Waals surface area contributed by atoms with E-state index in [2.05, 4.69) is 31.1 Å². The Labute approximate surface area is 106 Å². The largest absolute Gasteiger partial charge is 0.379 e. The first-order chi connectivity index (χ1) is 8.14. The summed E-state index contributed by atoms with van der Waals surface area (Å²) in [5, 5.41) is 3.56. The maximum Gasteiger partial charge on any atom is 0.0594 e. The first-order valence-electron chi connectivity index (χ1n) is 7.14. The highest BCUT2D eigenvalue weighted by atomic mass is 16.5. The molecule has 1 aliphatic carbocycles. The smallest absolute Gasteiger partial charge is 0.0594 e. The van der Waals surface area contributed by atoms with Crippen LogP contribution in [-0.4, -0.2) is 49.8 Å². The van der Waals surface area contributed by atoms with Gasteiger partial charge in [-0.25, -0.2) is 0 Å². The minimum Gasteiger partial charge on any atom is -0.379 e. The topological polar surface area (TPSA) is 24.5 Å². The molecular weight excluding hydrogens is 212 g/mol. The van der Waals surface area contributed by atoms with E-state index in [-0.39, 0.29) is 5.54 Å². The van der Waals surface area contributed by atoms with Gasteiger partial charge >= 0.3 is 0 Å². The van der Waals surface area contributed by atoms with E-state index < -0.39 is 0 Å². The molecule has 0 aromatic carbocycles. The lowest BCUT2D eigenvalue weighted by Crippen LogP contribution is -2.60. The summed E-state index contributed by atoms with van der Waals surface area (Å²) in [7, 11) is 2.12. The normalized spacial score (nSPS) is 25.6. The van der Waals surface area contributed by atoms with Gasteiger partial charge in [0.2, 0.25) is 0 Å². The molecule has 2 fully saturated rings. The first-order valence-corrected chi connectivity index (χ1v) is 7.14. The van der Waals surface area contributed by atoms with Crippen molar-refractivity contribution in [2.75, 3.05) is 33.4 Å². The summed E-state index contributed by atoms with van der Waals surface area (Å²) in [4.78, 5) is 2.59. The molecule has 1 heterocycles. The van der Waals surface area contributed by atoms with Crippen molar-refractivity contribution in [3.05, 3.63) is 0 Å². The van der Waals surface area contributed by atoms with Crippen molar-refractivity contribution in [1.29, 1.82) is 0 Å². The van der Waals surface area contributed by atoms with Crippen molar-refractivity contribution in [1.82, 2.24) is 10.2 Å². The highest BCUT2D eigenvalue weighted by molar-refractivity contribution is 4.95. The van der Waals surface area contributed by atoms with Gasteiger partial charge in [-0.2, -0.15) is 0 Å². The number of morpholine rings is 1. The Balaban J connectivity index is 1.93. The molecule has 0 aromatic rings. The number of likely N-dealkylation sites (N-methyl/N-ethyl adjacent to an activating group) is 1. The van der Waals surface area contributed by atoms with Crippen molar-refractivity contribution in [3.8, 4) is 0 Å². The van der Waals surface area contributed by atoms with E-state index in [1.165, 1.54) is 25.7 Å². The molecule has 1 saturated carbocycles. The molecule has 0 bridgehead atoms. The van der Waals surface area contributed by atoms with Gasteiger partial charge in [-0.05, 0) is 33.2 Å². The van der Waals surface area contributed by atoms with Crippen LogP contribution in [0.1, 0.15) is 39.5 Å². The maximum atomic E-state index is 5.46. The van der Waals surface area contributed by atoms with E-state index in [9.17, 15) is 0 Å². The van der Waals surface area contributed by atoms with E-state index in [1.807, 2.05) is 0 Å². The van der Waals surface area contributed by atoms with Gasteiger partial charge in [0.15, 0.2) is 0 Å². The number of nitrogens with one attached hydrogen (secondary N) is 1. The van der Waals surface area contributed by atoms with Crippen LogP contribution in [-0.2, 0) is 4.74 Å². The monoisotopic (exact) mass is 240 g/mol. The van der Waals surface area contributed by atoms with Gasteiger partial charge in [0, 0.05) is 24.7 Å². The number of hydrogen-bond acceptors (Lipinski definition) is 3. The molecule has 1 N–H and O–H groups in total. The van der Waals surface area contributed by atoms with Crippen LogP contribution in [0.3, 0.4) is 0 Å². The van der Waals surface area contributed by atoms with Gasteiger partial charge in [0.1, 0.15) is 0 Å². The Kier molecular flexibility index (Phi) is 4.45. The molecule has 2 rings (SSSR count).